The van der Waals surface area contributed by atoms with Crippen molar-refractivity contribution in [3.05, 3.63) is 72.4 Å². The molecule has 2 aromatic carbocycles. The smallest absolute Gasteiger partial charge is 0.256 e. The number of nitrogens with one attached hydrogen (secondary N) is 1. The second-order valence-corrected chi connectivity index (χ2v) is 12.7. The number of pyridine rings is 1. The molecule has 0 spiro atoms. The Morgan fingerprint density at radius 3 is 2.48 bits per heavy atom. The first-order valence-corrected chi connectivity index (χ1v) is 14.8. The molecule has 4 aromatic rings. The number of halogens is 1. The fourth-order valence-electron chi connectivity index (χ4n) is 5.18. The number of carbonyl (C=O) groups excluding carboxylic acids is 1. The number of rotatable bonds is 7. The number of hydrogen-bond acceptors (Lipinski definition) is 6. The summed E-state index contributed by atoms with van der Waals surface area (Å²) >= 11 is 0. The first-order chi connectivity index (χ1) is 19.2. The van der Waals surface area contributed by atoms with Crippen LogP contribution in [-0.2, 0) is 10.0 Å². The van der Waals surface area contributed by atoms with Gasteiger partial charge in [-0.3, -0.25) is 9.48 Å². The molecule has 6 rings (SSSR count). The standard InChI is InChI=1S/C29H31FN6O3S/c1-34(2)24-9-11-35(12-10-24)40(38,39)27-14-20(5-8-26(27)30)29(37)33-28-15-22-13-19(3-4-21(22)16-31-28)23-17-32-36(18-23)25-6-7-25/h3-5,8,13-18,24-25H,6-7,9-12H2,1-2H3,(H,31,33,37). The summed E-state index contributed by atoms with van der Waals surface area (Å²) in [6, 6.07) is 11.9. The van der Waals surface area contributed by atoms with Gasteiger partial charge in [-0.25, -0.2) is 17.8 Å². The molecule has 0 radical (unpaired) electrons. The van der Waals surface area contributed by atoms with Gasteiger partial charge < -0.3 is 10.2 Å². The average Bonchev–Trinajstić information content (AvgIpc) is 3.68. The van der Waals surface area contributed by atoms with Gasteiger partial charge in [0.1, 0.15) is 16.5 Å². The molecule has 1 amide bonds. The zero-order valence-corrected chi connectivity index (χ0v) is 23.2. The van der Waals surface area contributed by atoms with Gasteiger partial charge in [0, 0.05) is 48.0 Å². The molecule has 0 unspecified atom stereocenters. The Balaban J connectivity index is 1.21. The molecule has 2 aliphatic rings. The number of fused-ring (bicyclic) bond motifs is 1. The van der Waals surface area contributed by atoms with E-state index in [4.69, 9.17) is 0 Å². The number of hydrogen-bond donors (Lipinski definition) is 1. The molecule has 0 atom stereocenters. The van der Waals surface area contributed by atoms with Crippen molar-refractivity contribution in [1.82, 2.24) is 24.0 Å². The average molecular weight is 563 g/mol. The molecule has 11 heteroatoms. The van der Waals surface area contributed by atoms with Gasteiger partial charge in [-0.05, 0) is 81.1 Å². The predicted molar refractivity (Wildman–Crippen MR) is 151 cm³/mol. The third-order valence-electron chi connectivity index (χ3n) is 7.78. The van der Waals surface area contributed by atoms with Gasteiger partial charge in [0.2, 0.25) is 10.0 Å². The van der Waals surface area contributed by atoms with E-state index in [2.05, 4.69) is 20.3 Å². The second kappa shape index (κ2) is 10.4. The summed E-state index contributed by atoms with van der Waals surface area (Å²) in [6.45, 7) is 0.594. The molecule has 2 aromatic heterocycles. The summed E-state index contributed by atoms with van der Waals surface area (Å²) < 4.78 is 44.6. The van der Waals surface area contributed by atoms with E-state index < -0.39 is 26.6 Å². The zero-order valence-electron chi connectivity index (χ0n) is 22.4. The van der Waals surface area contributed by atoms with Crippen LogP contribution in [0.25, 0.3) is 21.9 Å². The number of aromatic nitrogens is 3. The van der Waals surface area contributed by atoms with Crippen molar-refractivity contribution < 1.29 is 17.6 Å². The molecule has 1 saturated carbocycles. The van der Waals surface area contributed by atoms with E-state index in [0.717, 1.165) is 46.9 Å². The monoisotopic (exact) mass is 562 g/mol. The van der Waals surface area contributed by atoms with Gasteiger partial charge >= 0.3 is 0 Å². The van der Waals surface area contributed by atoms with Crippen LogP contribution in [0.3, 0.4) is 0 Å². The number of nitrogens with zero attached hydrogens (tertiary/aromatic N) is 5. The van der Waals surface area contributed by atoms with E-state index in [1.807, 2.05) is 49.4 Å². The molecule has 3 heterocycles. The van der Waals surface area contributed by atoms with Gasteiger partial charge in [-0.2, -0.15) is 9.40 Å². The quantitative estimate of drug-likeness (QED) is 0.355. The highest BCUT2D eigenvalue weighted by Gasteiger charge is 2.32. The van der Waals surface area contributed by atoms with Crippen LogP contribution in [-0.4, -0.2) is 71.5 Å². The van der Waals surface area contributed by atoms with Crippen molar-refractivity contribution >= 4 is 32.5 Å². The third kappa shape index (κ3) is 5.24. The number of amides is 1. The van der Waals surface area contributed by atoms with E-state index >= 15 is 0 Å². The molecule has 1 saturated heterocycles. The number of benzene rings is 2. The van der Waals surface area contributed by atoms with E-state index in [0.29, 0.717) is 37.8 Å². The summed E-state index contributed by atoms with van der Waals surface area (Å²) in [5, 5.41) is 8.99. The SMILES string of the molecule is CN(C)C1CCN(S(=O)(=O)c2cc(C(=O)Nc3cc4cc(-c5cnn(C6CC6)c5)ccc4cn3)ccc2F)CC1. The van der Waals surface area contributed by atoms with Crippen molar-refractivity contribution in [2.24, 2.45) is 0 Å². The van der Waals surface area contributed by atoms with Gasteiger partial charge in [0.05, 0.1) is 12.2 Å². The highest BCUT2D eigenvalue weighted by Crippen LogP contribution is 2.35. The van der Waals surface area contributed by atoms with Gasteiger partial charge in [-0.1, -0.05) is 12.1 Å². The Labute approximate surface area is 232 Å². The topological polar surface area (TPSA) is 100 Å². The lowest BCUT2D eigenvalue weighted by Gasteiger charge is -2.34. The lowest BCUT2D eigenvalue weighted by Crippen LogP contribution is -2.44. The van der Waals surface area contributed by atoms with E-state index in [-0.39, 0.29) is 11.6 Å². The highest BCUT2D eigenvalue weighted by molar-refractivity contribution is 7.89. The summed E-state index contributed by atoms with van der Waals surface area (Å²) in [5.74, 6) is -1.15. The van der Waals surface area contributed by atoms with Gasteiger partial charge in [-0.15, -0.1) is 0 Å². The normalized spacial score (nSPS) is 17.0. The Kier molecular flexibility index (Phi) is 6.89. The molecule has 1 aliphatic heterocycles. The van der Waals surface area contributed by atoms with Crippen molar-refractivity contribution in [3.63, 3.8) is 0 Å². The minimum absolute atomic E-state index is 0.0336. The Hall–Kier alpha value is -3.67. The number of piperidine rings is 1. The Morgan fingerprint density at radius 2 is 1.75 bits per heavy atom. The lowest BCUT2D eigenvalue weighted by molar-refractivity contribution is 0.102. The molecule has 208 valence electrons. The highest BCUT2D eigenvalue weighted by atomic mass is 32.2. The molecule has 40 heavy (non-hydrogen) atoms. The van der Waals surface area contributed by atoms with Crippen LogP contribution < -0.4 is 5.32 Å². The summed E-state index contributed by atoms with van der Waals surface area (Å²) in [6.07, 6.45) is 9.20. The third-order valence-corrected chi connectivity index (χ3v) is 9.70. The maximum absolute atomic E-state index is 14.8. The molecule has 1 aliphatic carbocycles. The van der Waals surface area contributed by atoms with Crippen molar-refractivity contribution in [2.45, 2.75) is 42.7 Å². The van der Waals surface area contributed by atoms with Crippen LogP contribution in [0.5, 0.6) is 0 Å². The van der Waals surface area contributed by atoms with Gasteiger partial charge in [0.25, 0.3) is 5.91 Å². The van der Waals surface area contributed by atoms with E-state index in [1.54, 1.807) is 12.3 Å². The molecular formula is C29H31FN6O3S. The number of carbonyl (C=O) groups is 1. The van der Waals surface area contributed by atoms with Crippen LogP contribution in [0.1, 0.15) is 42.1 Å². The first-order valence-electron chi connectivity index (χ1n) is 13.4. The van der Waals surface area contributed by atoms with E-state index in [9.17, 15) is 17.6 Å². The van der Waals surface area contributed by atoms with Crippen molar-refractivity contribution in [1.29, 1.82) is 0 Å². The van der Waals surface area contributed by atoms with Crippen molar-refractivity contribution in [2.75, 3.05) is 32.5 Å². The van der Waals surface area contributed by atoms with Crippen LogP contribution in [0, 0.1) is 5.82 Å². The molecule has 0 bridgehead atoms. The fourth-order valence-corrected chi connectivity index (χ4v) is 6.74. The van der Waals surface area contributed by atoms with Crippen molar-refractivity contribution in [3.8, 4) is 11.1 Å². The minimum Gasteiger partial charge on any atom is -0.307 e. The molecule has 9 nitrogen and oxygen atoms in total. The maximum Gasteiger partial charge on any atom is 0.256 e. The Bertz CT molecular complexity index is 1690. The van der Waals surface area contributed by atoms with E-state index in [1.165, 1.54) is 10.4 Å². The predicted octanol–water partition coefficient (Wildman–Crippen LogP) is 4.54. The minimum atomic E-state index is -4.09. The number of sulfonamides is 1. The fraction of sp³-hybridized carbons (Fsp3) is 0.345. The lowest BCUT2D eigenvalue weighted by atomic mass is 10.0. The second-order valence-electron chi connectivity index (χ2n) is 10.8. The summed E-state index contributed by atoms with van der Waals surface area (Å²) in [4.78, 5) is 19.0. The van der Waals surface area contributed by atoms with Crippen LogP contribution >= 0.6 is 0 Å². The molecule has 1 N–H and O–H groups in total. The van der Waals surface area contributed by atoms with Crippen LogP contribution in [0.4, 0.5) is 10.2 Å². The van der Waals surface area contributed by atoms with Crippen LogP contribution in [0.2, 0.25) is 0 Å². The molecular weight excluding hydrogens is 531 g/mol. The summed E-state index contributed by atoms with van der Waals surface area (Å²) in [5.41, 5.74) is 2.05. The van der Waals surface area contributed by atoms with Gasteiger partial charge in [0.15, 0.2) is 0 Å². The zero-order chi connectivity index (χ0) is 28.0. The Morgan fingerprint density at radius 1 is 0.975 bits per heavy atom. The van der Waals surface area contributed by atoms with Crippen LogP contribution in [0.15, 0.2) is 66.0 Å². The first kappa shape index (κ1) is 26.5. The largest absolute Gasteiger partial charge is 0.307 e. The number of anilines is 1. The summed E-state index contributed by atoms with van der Waals surface area (Å²) in [7, 11) is -0.168. The molecule has 2 fully saturated rings. The maximum atomic E-state index is 14.8.